The number of thioether (sulfide) groups is 1. The highest BCUT2D eigenvalue weighted by Gasteiger charge is 2.21. The van der Waals surface area contributed by atoms with E-state index in [2.05, 4.69) is 12.6 Å². The van der Waals surface area contributed by atoms with Crippen LogP contribution in [-0.4, -0.2) is 35.4 Å². The zero-order valence-electron chi connectivity index (χ0n) is 8.65. The van der Waals surface area contributed by atoms with Crippen molar-refractivity contribution in [3.8, 4) is 0 Å². The first-order valence-electron chi connectivity index (χ1n) is 5.04. The molecule has 0 bridgehead atoms. The number of benzene rings is 1. The van der Waals surface area contributed by atoms with E-state index in [1.165, 1.54) is 12.1 Å². The minimum atomic E-state index is -0.471. The molecule has 2 nitrogen and oxygen atoms in total. The number of carbonyl (C=O) groups is 1. The third kappa shape index (κ3) is 2.52. The Labute approximate surface area is 104 Å². The number of nitrogens with zero attached hydrogens (tertiary/aromatic N) is 1. The van der Waals surface area contributed by atoms with Gasteiger partial charge < -0.3 is 4.90 Å². The molecule has 0 atom stereocenters. The maximum Gasteiger partial charge on any atom is 0.256 e. The molecule has 5 heteroatoms. The molecule has 1 heterocycles. The fourth-order valence-corrected chi connectivity index (χ4v) is 2.72. The topological polar surface area (TPSA) is 20.3 Å². The zero-order valence-corrected chi connectivity index (χ0v) is 10.4. The first kappa shape index (κ1) is 11.8. The molecule has 0 spiro atoms. The van der Waals surface area contributed by atoms with E-state index in [0.717, 1.165) is 11.5 Å². The van der Waals surface area contributed by atoms with Crippen molar-refractivity contribution in [1.82, 2.24) is 4.90 Å². The number of hydrogen-bond acceptors (Lipinski definition) is 3. The highest BCUT2D eigenvalue weighted by molar-refractivity contribution is 7.99. The van der Waals surface area contributed by atoms with Crippen molar-refractivity contribution < 1.29 is 9.18 Å². The fourth-order valence-electron chi connectivity index (χ4n) is 1.61. The summed E-state index contributed by atoms with van der Waals surface area (Å²) in [4.78, 5) is 14.3. The summed E-state index contributed by atoms with van der Waals surface area (Å²) >= 11 is 5.93. The van der Waals surface area contributed by atoms with E-state index in [4.69, 9.17) is 0 Å². The summed E-state index contributed by atoms with van der Waals surface area (Å²) in [5.41, 5.74) is 0.124. The lowest BCUT2D eigenvalue weighted by Gasteiger charge is -2.26. The maximum absolute atomic E-state index is 13.5. The monoisotopic (exact) mass is 257 g/mol. The summed E-state index contributed by atoms with van der Waals surface area (Å²) in [5.74, 6) is 1.15. The number of hydrogen-bond donors (Lipinski definition) is 1. The number of carbonyl (C=O) groups excluding carboxylic acids is 1. The smallest absolute Gasteiger partial charge is 0.256 e. The first-order valence-corrected chi connectivity index (χ1v) is 6.64. The average Bonchev–Trinajstić information content (AvgIpc) is 2.32. The third-order valence-electron chi connectivity index (χ3n) is 2.48. The van der Waals surface area contributed by atoms with Crippen molar-refractivity contribution in [2.24, 2.45) is 0 Å². The average molecular weight is 257 g/mol. The minimum absolute atomic E-state index is 0.124. The lowest BCUT2D eigenvalue weighted by atomic mass is 10.2. The minimum Gasteiger partial charge on any atom is -0.337 e. The second kappa shape index (κ2) is 5.10. The fraction of sp³-hybridized carbons (Fsp3) is 0.364. The van der Waals surface area contributed by atoms with Gasteiger partial charge in [0.25, 0.3) is 5.91 Å². The Bertz CT molecular complexity index is 405. The molecule has 1 fully saturated rings. The molecule has 1 aromatic carbocycles. The third-order valence-corrected chi connectivity index (χ3v) is 3.70. The number of halogens is 1. The summed E-state index contributed by atoms with van der Waals surface area (Å²) in [5, 5.41) is 0. The van der Waals surface area contributed by atoms with Crippen LogP contribution in [0.15, 0.2) is 23.1 Å². The van der Waals surface area contributed by atoms with Gasteiger partial charge in [0.2, 0.25) is 0 Å². The van der Waals surface area contributed by atoms with Gasteiger partial charge in [-0.15, -0.1) is 12.6 Å². The van der Waals surface area contributed by atoms with Gasteiger partial charge in [-0.2, -0.15) is 11.8 Å². The largest absolute Gasteiger partial charge is 0.337 e. The van der Waals surface area contributed by atoms with Gasteiger partial charge in [0.15, 0.2) is 0 Å². The molecular formula is C11H12FNOS2. The molecule has 1 saturated heterocycles. The van der Waals surface area contributed by atoms with Crippen LogP contribution < -0.4 is 0 Å². The Morgan fingerprint density at radius 2 is 2.06 bits per heavy atom. The molecule has 1 aliphatic heterocycles. The van der Waals surface area contributed by atoms with E-state index in [9.17, 15) is 9.18 Å². The molecule has 0 saturated carbocycles. The van der Waals surface area contributed by atoms with Crippen LogP contribution in [0, 0.1) is 5.82 Å². The van der Waals surface area contributed by atoms with Crippen LogP contribution in [0.1, 0.15) is 10.4 Å². The van der Waals surface area contributed by atoms with Crippen LogP contribution in [0.5, 0.6) is 0 Å². The maximum atomic E-state index is 13.5. The van der Waals surface area contributed by atoms with Crippen LogP contribution in [0.25, 0.3) is 0 Å². The van der Waals surface area contributed by atoms with Gasteiger partial charge in [0.05, 0.1) is 5.56 Å². The van der Waals surface area contributed by atoms with Crippen molar-refractivity contribution in [1.29, 1.82) is 0 Å². The lowest BCUT2D eigenvalue weighted by molar-refractivity contribution is 0.0767. The van der Waals surface area contributed by atoms with Crippen molar-refractivity contribution in [3.05, 3.63) is 29.6 Å². The Kier molecular flexibility index (Phi) is 3.76. The summed E-state index contributed by atoms with van der Waals surface area (Å²) < 4.78 is 13.5. The lowest BCUT2D eigenvalue weighted by Crippen LogP contribution is -2.38. The van der Waals surface area contributed by atoms with E-state index >= 15 is 0 Å². The van der Waals surface area contributed by atoms with E-state index < -0.39 is 5.82 Å². The van der Waals surface area contributed by atoms with Gasteiger partial charge in [-0.1, -0.05) is 0 Å². The Morgan fingerprint density at radius 3 is 2.75 bits per heavy atom. The molecule has 1 amide bonds. The Hall–Kier alpha value is -0.680. The predicted octanol–water partition coefficient (Wildman–Crippen LogP) is 2.30. The number of amides is 1. The standard InChI is InChI=1S/C11H12FNOS2/c12-10-2-1-8(15)7-9(10)11(14)13-3-5-16-6-4-13/h1-2,7,15H,3-6H2. The highest BCUT2D eigenvalue weighted by atomic mass is 32.2. The van der Waals surface area contributed by atoms with Crippen LogP contribution in [-0.2, 0) is 0 Å². The van der Waals surface area contributed by atoms with Crippen LogP contribution >= 0.6 is 24.4 Å². The Balaban J connectivity index is 2.22. The number of rotatable bonds is 1. The number of thiol groups is 1. The van der Waals surface area contributed by atoms with Gasteiger partial charge in [-0.25, -0.2) is 4.39 Å². The van der Waals surface area contributed by atoms with Crippen LogP contribution in [0.4, 0.5) is 4.39 Å². The van der Waals surface area contributed by atoms with E-state index in [1.807, 2.05) is 11.8 Å². The van der Waals surface area contributed by atoms with Crippen LogP contribution in [0.3, 0.4) is 0 Å². The molecular weight excluding hydrogens is 245 g/mol. The normalized spacial score (nSPS) is 16.2. The summed E-state index contributed by atoms with van der Waals surface area (Å²) in [6.07, 6.45) is 0. The molecule has 1 aliphatic rings. The molecule has 0 unspecified atom stereocenters. The quantitative estimate of drug-likeness (QED) is 0.779. The summed E-state index contributed by atoms with van der Waals surface area (Å²) in [7, 11) is 0. The molecule has 2 rings (SSSR count). The zero-order chi connectivity index (χ0) is 11.5. The van der Waals surface area contributed by atoms with Gasteiger partial charge in [-0.05, 0) is 18.2 Å². The second-order valence-electron chi connectivity index (χ2n) is 3.57. The van der Waals surface area contributed by atoms with Gasteiger partial charge in [-0.3, -0.25) is 4.79 Å². The van der Waals surface area contributed by atoms with Gasteiger partial charge in [0.1, 0.15) is 5.82 Å². The SMILES string of the molecule is O=C(c1cc(S)ccc1F)N1CCSCC1. The van der Waals surface area contributed by atoms with Gasteiger partial charge >= 0.3 is 0 Å². The Morgan fingerprint density at radius 1 is 1.38 bits per heavy atom. The highest BCUT2D eigenvalue weighted by Crippen LogP contribution is 2.18. The predicted molar refractivity (Wildman–Crippen MR) is 66.9 cm³/mol. The van der Waals surface area contributed by atoms with E-state index in [1.54, 1.807) is 11.0 Å². The molecule has 0 aliphatic carbocycles. The second-order valence-corrected chi connectivity index (χ2v) is 5.31. The molecule has 0 aromatic heterocycles. The summed E-state index contributed by atoms with van der Waals surface area (Å²) in [6.45, 7) is 1.39. The first-order chi connectivity index (χ1) is 7.68. The van der Waals surface area contributed by atoms with E-state index in [-0.39, 0.29) is 11.5 Å². The van der Waals surface area contributed by atoms with Gasteiger partial charge in [0, 0.05) is 29.5 Å². The van der Waals surface area contributed by atoms with Crippen molar-refractivity contribution in [2.45, 2.75) is 4.90 Å². The van der Waals surface area contributed by atoms with Crippen molar-refractivity contribution in [3.63, 3.8) is 0 Å². The molecule has 0 N–H and O–H groups in total. The van der Waals surface area contributed by atoms with Crippen molar-refractivity contribution in [2.75, 3.05) is 24.6 Å². The molecule has 1 aromatic rings. The van der Waals surface area contributed by atoms with E-state index in [0.29, 0.717) is 18.0 Å². The van der Waals surface area contributed by atoms with Crippen molar-refractivity contribution >= 4 is 30.3 Å². The molecule has 16 heavy (non-hydrogen) atoms. The molecule has 0 radical (unpaired) electrons. The van der Waals surface area contributed by atoms with Crippen LogP contribution in [0.2, 0.25) is 0 Å². The summed E-state index contributed by atoms with van der Waals surface area (Å²) in [6, 6.07) is 4.32. The molecule has 86 valence electrons.